The number of phenolic OH excluding ortho intramolecular Hbond substituents is 14. The summed E-state index contributed by atoms with van der Waals surface area (Å²) in [5.74, 6) is -10.8. The zero-order valence-corrected chi connectivity index (χ0v) is 32.7. The van der Waals surface area contributed by atoms with Crippen LogP contribution in [0.2, 0.25) is 0 Å². The highest BCUT2D eigenvalue weighted by Crippen LogP contribution is 2.58. The van der Waals surface area contributed by atoms with Crippen LogP contribution < -0.4 is 18.9 Å². The van der Waals surface area contributed by atoms with E-state index < -0.39 is 124 Å². The zero-order valence-electron chi connectivity index (χ0n) is 32.7. The van der Waals surface area contributed by atoms with Crippen LogP contribution in [-0.4, -0.2) is 97.3 Å². The molecule has 20 nitrogen and oxygen atoms in total. The summed E-state index contributed by atoms with van der Waals surface area (Å²) in [4.78, 5) is 0. The molecule has 0 saturated carbocycles. The monoisotopic (exact) mass is 886 g/mol. The van der Waals surface area contributed by atoms with Crippen molar-refractivity contribution >= 4 is 0 Å². The zero-order chi connectivity index (χ0) is 45.7. The van der Waals surface area contributed by atoms with Crippen LogP contribution in [0.25, 0.3) is 0 Å². The Morgan fingerprint density at radius 3 is 1.52 bits per heavy atom. The Bertz CT molecular complexity index is 2730. The Labute approximate surface area is 359 Å². The molecular formula is C44H38O20. The first-order valence-electron chi connectivity index (χ1n) is 19.0. The molecule has 0 saturated heterocycles. The lowest BCUT2D eigenvalue weighted by molar-refractivity contribution is -0.100. The van der Waals surface area contributed by atoms with Gasteiger partial charge >= 0.3 is 0 Å². The van der Waals surface area contributed by atoms with Crippen LogP contribution in [0.3, 0.4) is 0 Å². The molecule has 0 fully saturated rings. The minimum absolute atomic E-state index is 0.0205. The number of rotatable bonds is 11. The van der Waals surface area contributed by atoms with Gasteiger partial charge < -0.3 is 99.9 Å². The summed E-state index contributed by atoms with van der Waals surface area (Å²) < 4.78 is 36.6. The van der Waals surface area contributed by atoms with Crippen molar-refractivity contribution in [2.75, 3.05) is 13.6 Å². The van der Waals surface area contributed by atoms with Gasteiger partial charge in [-0.1, -0.05) is 12.1 Å². The van der Waals surface area contributed by atoms with E-state index in [1.165, 1.54) is 24.3 Å². The van der Waals surface area contributed by atoms with Crippen molar-refractivity contribution in [3.8, 4) is 103 Å². The van der Waals surface area contributed by atoms with Crippen LogP contribution in [0.15, 0.2) is 78.9 Å². The summed E-state index contributed by atoms with van der Waals surface area (Å²) in [6.45, 7) is -1.32. The first kappa shape index (κ1) is 42.3. The normalized spacial score (nSPS) is 18.8. The van der Waals surface area contributed by atoms with Gasteiger partial charge in [0.1, 0.15) is 58.2 Å². The van der Waals surface area contributed by atoms with Gasteiger partial charge in [-0.25, -0.2) is 0 Å². The van der Waals surface area contributed by atoms with Crippen LogP contribution in [0.5, 0.6) is 103 Å². The number of phenols is 14. The highest BCUT2D eigenvalue weighted by atomic mass is 16.7. The van der Waals surface area contributed by atoms with E-state index in [1.807, 2.05) is 0 Å². The fraction of sp³-hybridized carbons (Fsp3) is 0.182. The Kier molecular flexibility index (Phi) is 10.9. The Morgan fingerprint density at radius 2 is 0.969 bits per heavy atom. The highest BCUT2D eigenvalue weighted by molar-refractivity contribution is 5.66. The van der Waals surface area contributed by atoms with Gasteiger partial charge in [0, 0.05) is 65.6 Å². The topological polar surface area (TPSA) is 339 Å². The van der Waals surface area contributed by atoms with E-state index in [0.717, 1.165) is 54.6 Å². The second-order valence-electron chi connectivity index (χ2n) is 14.7. The van der Waals surface area contributed by atoms with Crippen LogP contribution >= 0.6 is 0 Å². The lowest BCUT2D eigenvalue weighted by Gasteiger charge is -2.42. The molecule has 64 heavy (non-hydrogen) atoms. The van der Waals surface area contributed by atoms with Gasteiger partial charge in [-0.3, -0.25) is 0 Å². The lowest BCUT2D eigenvalue weighted by Crippen LogP contribution is -2.39. The van der Waals surface area contributed by atoms with E-state index in [1.54, 1.807) is 0 Å². The largest absolute Gasteiger partial charge is 0.508 e. The van der Waals surface area contributed by atoms with Crippen LogP contribution in [-0.2, 0) is 15.9 Å². The second-order valence-corrected chi connectivity index (χ2v) is 14.7. The smallest absolute Gasteiger partial charge is 0.200 e. The molecule has 0 radical (unpaired) electrons. The summed E-state index contributed by atoms with van der Waals surface area (Å²) in [6.07, 6.45) is -5.44. The Balaban J connectivity index is 1.26. The fourth-order valence-electron chi connectivity index (χ4n) is 7.69. The van der Waals surface area contributed by atoms with E-state index in [0.29, 0.717) is 0 Å². The van der Waals surface area contributed by atoms with E-state index >= 15 is 0 Å². The van der Waals surface area contributed by atoms with Crippen molar-refractivity contribution in [3.63, 3.8) is 0 Å². The maximum Gasteiger partial charge on any atom is 0.200 e. The minimum atomic E-state index is -1.47. The number of hydrogen-bond donors (Lipinski definition) is 14. The maximum absolute atomic E-state index is 11.9. The van der Waals surface area contributed by atoms with Crippen molar-refractivity contribution in [3.05, 3.63) is 107 Å². The average molecular weight is 887 g/mol. The summed E-state index contributed by atoms with van der Waals surface area (Å²) in [5.41, 5.74) is 0.104. The van der Waals surface area contributed by atoms with E-state index in [4.69, 9.17) is 28.4 Å². The molecule has 14 N–H and O–H groups in total. The molecule has 2 aliphatic rings. The van der Waals surface area contributed by atoms with Gasteiger partial charge in [0.2, 0.25) is 11.5 Å². The molecule has 0 bridgehead atoms. The molecule has 8 rings (SSSR count). The molecule has 0 spiro atoms. The van der Waals surface area contributed by atoms with Gasteiger partial charge in [-0.15, -0.1) is 0 Å². The van der Waals surface area contributed by atoms with Gasteiger partial charge in [0.15, 0.2) is 71.8 Å². The number of hydrogen-bond acceptors (Lipinski definition) is 20. The molecule has 5 atom stereocenters. The predicted molar refractivity (Wildman–Crippen MR) is 215 cm³/mol. The van der Waals surface area contributed by atoms with Crippen molar-refractivity contribution in [1.82, 2.24) is 0 Å². The quantitative estimate of drug-likeness (QED) is 0.0576. The van der Waals surface area contributed by atoms with Crippen molar-refractivity contribution in [1.29, 1.82) is 0 Å². The third kappa shape index (κ3) is 7.85. The molecule has 2 aliphatic heterocycles. The minimum Gasteiger partial charge on any atom is -0.508 e. The highest BCUT2D eigenvalue weighted by Gasteiger charge is 2.48. The van der Waals surface area contributed by atoms with Gasteiger partial charge in [-0.05, 0) is 35.4 Å². The maximum atomic E-state index is 11.9. The van der Waals surface area contributed by atoms with Crippen LogP contribution in [0.4, 0.5) is 0 Å². The number of fused-ring (bicyclic) bond motifs is 2. The molecule has 20 heteroatoms. The van der Waals surface area contributed by atoms with Crippen molar-refractivity contribution in [2.45, 2.75) is 36.8 Å². The first-order chi connectivity index (χ1) is 30.5. The Hall–Kier alpha value is -8.36. The summed E-state index contributed by atoms with van der Waals surface area (Å²) in [7, 11) is 0. The first-order valence-corrected chi connectivity index (χ1v) is 19.0. The third-order valence-electron chi connectivity index (χ3n) is 10.7. The standard InChI is InChI=1S/C44H38O20/c45-19-7-28(51)36-34(8-19)63-42(18-2-4-24(47)27(50)6-18)44(62-16-60-21-11-32(55)40(58)33(56)12-21)38(36)37-29(52)14-25(48)22-13-35(61-15-59-20-9-30(53)39(57)31(54)10-20)41(64-43(22)37)17-1-3-23(46)26(49)5-17/h1-12,14,35,38,41-42,44-58H,13,15-16H2/t35-,38-,41-,42-,44-/m1/s1. The molecule has 334 valence electrons. The molecular weight excluding hydrogens is 848 g/mol. The molecule has 0 amide bonds. The third-order valence-corrected chi connectivity index (χ3v) is 10.7. The second kappa shape index (κ2) is 16.5. The molecule has 0 unspecified atom stereocenters. The molecule has 6 aromatic carbocycles. The lowest BCUT2D eigenvalue weighted by atomic mass is 9.77. The van der Waals surface area contributed by atoms with Crippen molar-refractivity contribution in [2.24, 2.45) is 0 Å². The number of benzene rings is 6. The van der Waals surface area contributed by atoms with E-state index in [2.05, 4.69) is 0 Å². The SMILES string of the molecule is Oc1cc(O)c2c(c1)O[C@H](c1ccc(O)c(O)c1)[C@H](OCOc1cc(O)c(O)c(O)c1)[C@H]2c1c(O)cc(O)c2c1O[C@H](c1ccc(O)c(O)c1)[C@H](OCOc1cc(O)c(O)c(O)c1)C2. The molecule has 0 aromatic heterocycles. The predicted octanol–water partition coefficient (Wildman–Crippen LogP) is 5.35. The van der Waals surface area contributed by atoms with E-state index in [9.17, 15) is 71.5 Å². The summed E-state index contributed by atoms with van der Waals surface area (Å²) in [5, 5.41) is 147. The van der Waals surface area contributed by atoms with Gasteiger partial charge in [-0.2, -0.15) is 0 Å². The van der Waals surface area contributed by atoms with E-state index in [-0.39, 0.29) is 57.2 Å². The summed E-state index contributed by atoms with van der Waals surface area (Å²) >= 11 is 0. The fourth-order valence-corrected chi connectivity index (χ4v) is 7.69. The van der Waals surface area contributed by atoms with Crippen LogP contribution in [0.1, 0.15) is 45.9 Å². The Morgan fingerprint density at radius 1 is 0.453 bits per heavy atom. The molecule has 2 heterocycles. The number of ether oxygens (including phenoxy) is 6. The number of aromatic hydroxyl groups is 14. The summed E-state index contributed by atoms with van der Waals surface area (Å²) in [6, 6.07) is 14.5. The van der Waals surface area contributed by atoms with Crippen LogP contribution in [0, 0.1) is 0 Å². The van der Waals surface area contributed by atoms with Crippen molar-refractivity contribution < 1.29 is 99.9 Å². The molecule has 0 aliphatic carbocycles. The molecule has 6 aromatic rings. The average Bonchev–Trinajstić information content (AvgIpc) is 3.24. The van der Waals surface area contributed by atoms with Gasteiger partial charge in [0.25, 0.3) is 0 Å². The van der Waals surface area contributed by atoms with Gasteiger partial charge in [0.05, 0.1) is 5.92 Å².